The van der Waals surface area contributed by atoms with Crippen molar-refractivity contribution in [3.05, 3.63) is 24.2 Å². The summed E-state index contributed by atoms with van der Waals surface area (Å²) in [5, 5.41) is 2.79. The van der Waals surface area contributed by atoms with E-state index < -0.39 is 0 Å². The van der Waals surface area contributed by atoms with Crippen molar-refractivity contribution in [1.82, 2.24) is 10.2 Å². The van der Waals surface area contributed by atoms with Gasteiger partial charge in [0.2, 0.25) is 11.8 Å². The van der Waals surface area contributed by atoms with Gasteiger partial charge in [-0.15, -0.1) is 0 Å². The monoisotopic (exact) mass is 294 g/mol. The molecule has 0 spiro atoms. The summed E-state index contributed by atoms with van der Waals surface area (Å²) in [6.07, 6.45) is 2.32. The van der Waals surface area contributed by atoms with Crippen LogP contribution in [-0.4, -0.2) is 43.0 Å². The van der Waals surface area contributed by atoms with Crippen molar-refractivity contribution < 1.29 is 18.7 Å². The number of carbonyl (C=O) groups is 2. The molecule has 1 aliphatic rings. The molecule has 2 amide bonds. The van der Waals surface area contributed by atoms with E-state index in [-0.39, 0.29) is 17.7 Å². The summed E-state index contributed by atoms with van der Waals surface area (Å²) in [6, 6.07) is 3.59. The van der Waals surface area contributed by atoms with E-state index in [1.807, 2.05) is 13.0 Å². The summed E-state index contributed by atoms with van der Waals surface area (Å²) in [6.45, 7) is 4.81. The highest BCUT2D eigenvalue weighted by Crippen LogP contribution is 2.11. The maximum atomic E-state index is 12.1. The van der Waals surface area contributed by atoms with Gasteiger partial charge in [0, 0.05) is 25.9 Å². The molecule has 0 radical (unpaired) electrons. The third kappa shape index (κ3) is 5.23. The average Bonchev–Trinajstić information content (AvgIpc) is 2.99. The van der Waals surface area contributed by atoms with Crippen LogP contribution >= 0.6 is 0 Å². The third-order valence-corrected chi connectivity index (χ3v) is 3.46. The number of ether oxygens (including phenoxy) is 1. The summed E-state index contributed by atoms with van der Waals surface area (Å²) in [5.41, 5.74) is 0. The summed E-state index contributed by atoms with van der Waals surface area (Å²) in [4.78, 5) is 25.7. The zero-order valence-corrected chi connectivity index (χ0v) is 12.3. The first kappa shape index (κ1) is 15.6. The van der Waals surface area contributed by atoms with Gasteiger partial charge < -0.3 is 19.4 Å². The van der Waals surface area contributed by atoms with Crippen LogP contribution in [0.2, 0.25) is 0 Å². The topological polar surface area (TPSA) is 71.8 Å². The Balaban J connectivity index is 1.66. The highest BCUT2D eigenvalue weighted by atomic mass is 16.5. The van der Waals surface area contributed by atoms with Gasteiger partial charge in [-0.25, -0.2) is 0 Å². The van der Waals surface area contributed by atoms with Crippen molar-refractivity contribution in [3.8, 4) is 0 Å². The predicted octanol–water partition coefficient (Wildman–Crippen LogP) is 1.17. The van der Waals surface area contributed by atoms with E-state index >= 15 is 0 Å². The summed E-state index contributed by atoms with van der Waals surface area (Å²) >= 11 is 0. The normalized spacial score (nSPS) is 16.5. The molecule has 0 aromatic carbocycles. The SMILES string of the molecule is C[C@@H](CC(=O)NCc1ccco1)CC(=O)N1CCOCC1. The molecule has 1 saturated heterocycles. The molecule has 21 heavy (non-hydrogen) atoms. The predicted molar refractivity (Wildman–Crippen MR) is 76.4 cm³/mol. The molecule has 1 atom stereocenters. The number of amides is 2. The highest BCUT2D eigenvalue weighted by Gasteiger charge is 2.20. The molecule has 1 aromatic rings. The second kappa shape index (κ2) is 7.83. The summed E-state index contributed by atoms with van der Waals surface area (Å²) in [7, 11) is 0. The molecule has 1 fully saturated rings. The minimum absolute atomic E-state index is 0.0249. The number of hydrogen-bond acceptors (Lipinski definition) is 4. The van der Waals surface area contributed by atoms with Crippen molar-refractivity contribution in [2.75, 3.05) is 26.3 Å². The van der Waals surface area contributed by atoms with Gasteiger partial charge in [0.15, 0.2) is 0 Å². The Morgan fingerprint density at radius 1 is 1.33 bits per heavy atom. The van der Waals surface area contributed by atoms with Gasteiger partial charge in [0.1, 0.15) is 5.76 Å². The number of carbonyl (C=O) groups excluding carboxylic acids is 2. The van der Waals surface area contributed by atoms with Crippen LogP contribution in [0.5, 0.6) is 0 Å². The Labute approximate surface area is 124 Å². The van der Waals surface area contributed by atoms with E-state index in [1.165, 1.54) is 0 Å². The van der Waals surface area contributed by atoms with Crippen LogP contribution in [0.1, 0.15) is 25.5 Å². The number of hydrogen-bond donors (Lipinski definition) is 1. The van der Waals surface area contributed by atoms with E-state index in [0.717, 1.165) is 5.76 Å². The molecule has 1 N–H and O–H groups in total. The number of nitrogens with one attached hydrogen (secondary N) is 1. The van der Waals surface area contributed by atoms with Gasteiger partial charge in [-0.05, 0) is 18.1 Å². The van der Waals surface area contributed by atoms with Crippen LogP contribution in [0.3, 0.4) is 0 Å². The van der Waals surface area contributed by atoms with Gasteiger partial charge >= 0.3 is 0 Å². The maximum Gasteiger partial charge on any atom is 0.223 e. The van der Waals surface area contributed by atoms with E-state index in [2.05, 4.69) is 5.32 Å². The summed E-state index contributed by atoms with van der Waals surface area (Å²) in [5.74, 6) is 0.788. The van der Waals surface area contributed by atoms with Crippen LogP contribution in [0.4, 0.5) is 0 Å². The van der Waals surface area contributed by atoms with Crippen LogP contribution in [0.25, 0.3) is 0 Å². The fourth-order valence-corrected chi connectivity index (χ4v) is 2.30. The molecule has 6 heteroatoms. The quantitative estimate of drug-likeness (QED) is 0.855. The second-order valence-corrected chi connectivity index (χ2v) is 5.36. The smallest absolute Gasteiger partial charge is 0.223 e. The Morgan fingerprint density at radius 2 is 2.10 bits per heavy atom. The fourth-order valence-electron chi connectivity index (χ4n) is 2.30. The standard InChI is InChI=1S/C15H22N2O4/c1-12(10-15(19)17-4-7-20-8-5-17)9-14(18)16-11-13-3-2-6-21-13/h2-3,6,12H,4-5,7-11H2,1H3,(H,16,18)/t12-/m0/s1. The molecule has 0 saturated carbocycles. The van der Waals surface area contributed by atoms with E-state index in [4.69, 9.17) is 9.15 Å². The zero-order chi connectivity index (χ0) is 15.1. The Kier molecular flexibility index (Phi) is 5.80. The fraction of sp³-hybridized carbons (Fsp3) is 0.600. The molecule has 1 aromatic heterocycles. The second-order valence-electron chi connectivity index (χ2n) is 5.36. The first-order valence-electron chi connectivity index (χ1n) is 7.29. The lowest BCUT2D eigenvalue weighted by molar-refractivity contribution is -0.136. The first-order valence-corrected chi connectivity index (χ1v) is 7.29. The van der Waals surface area contributed by atoms with Crippen molar-refractivity contribution in [3.63, 3.8) is 0 Å². The molecule has 2 rings (SSSR count). The summed E-state index contributed by atoms with van der Waals surface area (Å²) < 4.78 is 10.4. The lowest BCUT2D eigenvalue weighted by Crippen LogP contribution is -2.41. The number of morpholine rings is 1. The van der Waals surface area contributed by atoms with Crippen molar-refractivity contribution >= 4 is 11.8 Å². The minimum Gasteiger partial charge on any atom is -0.467 e. The Bertz CT molecular complexity index is 452. The zero-order valence-electron chi connectivity index (χ0n) is 12.3. The average molecular weight is 294 g/mol. The van der Waals surface area contributed by atoms with Crippen LogP contribution in [0, 0.1) is 5.92 Å². The number of nitrogens with zero attached hydrogens (tertiary/aromatic N) is 1. The molecule has 0 bridgehead atoms. The van der Waals surface area contributed by atoms with Crippen molar-refractivity contribution in [2.45, 2.75) is 26.3 Å². The maximum absolute atomic E-state index is 12.1. The lowest BCUT2D eigenvalue weighted by Gasteiger charge is -2.27. The Morgan fingerprint density at radius 3 is 2.76 bits per heavy atom. The van der Waals surface area contributed by atoms with Crippen molar-refractivity contribution in [2.24, 2.45) is 5.92 Å². The Hall–Kier alpha value is -1.82. The van der Waals surface area contributed by atoms with Gasteiger partial charge in [0.25, 0.3) is 0 Å². The van der Waals surface area contributed by atoms with E-state index in [0.29, 0.717) is 45.7 Å². The van der Waals surface area contributed by atoms with Crippen LogP contribution in [0.15, 0.2) is 22.8 Å². The third-order valence-electron chi connectivity index (χ3n) is 3.46. The number of rotatable bonds is 6. The van der Waals surface area contributed by atoms with Gasteiger partial charge in [-0.1, -0.05) is 6.92 Å². The van der Waals surface area contributed by atoms with Crippen LogP contribution < -0.4 is 5.32 Å². The van der Waals surface area contributed by atoms with Gasteiger partial charge in [-0.2, -0.15) is 0 Å². The minimum atomic E-state index is -0.0614. The molecular formula is C15H22N2O4. The molecule has 116 valence electrons. The lowest BCUT2D eigenvalue weighted by atomic mass is 10.0. The van der Waals surface area contributed by atoms with Crippen molar-refractivity contribution in [1.29, 1.82) is 0 Å². The number of furan rings is 1. The van der Waals surface area contributed by atoms with Crippen LogP contribution in [-0.2, 0) is 20.9 Å². The highest BCUT2D eigenvalue weighted by molar-refractivity contribution is 5.79. The molecular weight excluding hydrogens is 272 g/mol. The van der Waals surface area contributed by atoms with Gasteiger partial charge in [-0.3, -0.25) is 9.59 Å². The molecule has 1 aliphatic heterocycles. The molecule has 0 unspecified atom stereocenters. The molecule has 6 nitrogen and oxygen atoms in total. The first-order chi connectivity index (χ1) is 10.1. The van der Waals surface area contributed by atoms with Gasteiger partial charge in [0.05, 0.1) is 26.0 Å². The molecule has 0 aliphatic carbocycles. The van der Waals surface area contributed by atoms with E-state index in [1.54, 1.807) is 17.2 Å². The largest absolute Gasteiger partial charge is 0.467 e. The molecule has 2 heterocycles. The van der Waals surface area contributed by atoms with E-state index in [9.17, 15) is 9.59 Å².